The van der Waals surface area contributed by atoms with Gasteiger partial charge in [0.1, 0.15) is 17.4 Å². The molecule has 164 valence electrons. The normalized spacial score (nSPS) is 12.1. The largest absolute Gasteiger partial charge is 0.350 e. The second kappa shape index (κ2) is 9.96. The molecule has 4 aromatic rings. The molecule has 32 heavy (non-hydrogen) atoms. The molecular formula is C25H25FN4OS. The van der Waals surface area contributed by atoms with Crippen molar-refractivity contribution in [1.29, 1.82) is 0 Å². The molecule has 0 radical (unpaired) electrons. The number of nitrogens with one attached hydrogen (secondary N) is 1. The molecule has 2 heterocycles. The molecule has 1 N–H and O–H groups in total. The Balaban J connectivity index is 1.58. The Hall–Kier alpha value is -3.19. The average Bonchev–Trinajstić information content (AvgIpc) is 3.17. The van der Waals surface area contributed by atoms with Gasteiger partial charge >= 0.3 is 0 Å². The second-order valence-corrected chi connectivity index (χ2v) is 8.60. The van der Waals surface area contributed by atoms with Gasteiger partial charge in [0.2, 0.25) is 5.91 Å². The van der Waals surface area contributed by atoms with Gasteiger partial charge in [-0.2, -0.15) is 0 Å². The molecule has 0 bridgehead atoms. The van der Waals surface area contributed by atoms with Crippen molar-refractivity contribution in [2.24, 2.45) is 0 Å². The summed E-state index contributed by atoms with van der Waals surface area (Å²) < 4.78 is 15.2. The van der Waals surface area contributed by atoms with E-state index in [2.05, 4.69) is 10.3 Å². The zero-order valence-electron chi connectivity index (χ0n) is 18.1. The van der Waals surface area contributed by atoms with Crippen molar-refractivity contribution < 1.29 is 9.18 Å². The van der Waals surface area contributed by atoms with E-state index in [1.807, 2.05) is 54.8 Å². The van der Waals surface area contributed by atoms with Crippen LogP contribution in [0.4, 0.5) is 4.39 Å². The van der Waals surface area contributed by atoms with Gasteiger partial charge in [-0.15, -0.1) is 0 Å². The van der Waals surface area contributed by atoms with Crippen molar-refractivity contribution in [2.75, 3.05) is 0 Å². The second-order valence-electron chi connectivity index (χ2n) is 7.65. The topological polar surface area (TPSA) is 59.8 Å². The van der Waals surface area contributed by atoms with Crippen LogP contribution in [0.5, 0.6) is 0 Å². The lowest BCUT2D eigenvalue weighted by Gasteiger charge is -2.19. The summed E-state index contributed by atoms with van der Waals surface area (Å²) in [7, 11) is 0. The van der Waals surface area contributed by atoms with Gasteiger partial charge in [0.25, 0.3) is 0 Å². The summed E-state index contributed by atoms with van der Waals surface area (Å²) >= 11 is 1.52. The fourth-order valence-corrected chi connectivity index (χ4v) is 4.52. The Labute approximate surface area is 191 Å². The van der Waals surface area contributed by atoms with E-state index < -0.39 is 6.04 Å². The third-order valence-electron chi connectivity index (χ3n) is 5.29. The van der Waals surface area contributed by atoms with Crippen molar-refractivity contribution in [3.63, 3.8) is 0 Å². The van der Waals surface area contributed by atoms with Crippen LogP contribution < -0.4 is 5.32 Å². The molecule has 0 aliphatic carbocycles. The van der Waals surface area contributed by atoms with Crippen LogP contribution in [0.15, 0.2) is 72.0 Å². The van der Waals surface area contributed by atoms with Gasteiger partial charge in [-0.3, -0.25) is 9.36 Å². The quantitative estimate of drug-likeness (QED) is 0.365. The summed E-state index contributed by atoms with van der Waals surface area (Å²) in [6.07, 6.45) is 2.32. The number of amides is 1. The van der Waals surface area contributed by atoms with Crippen molar-refractivity contribution in [2.45, 2.75) is 43.8 Å². The molecule has 0 saturated carbocycles. The van der Waals surface area contributed by atoms with Crippen molar-refractivity contribution >= 4 is 28.8 Å². The van der Waals surface area contributed by atoms with Crippen molar-refractivity contribution in [3.05, 3.63) is 89.4 Å². The molecule has 0 spiro atoms. The van der Waals surface area contributed by atoms with Gasteiger partial charge in [0.15, 0.2) is 10.8 Å². The van der Waals surface area contributed by atoms with Crippen LogP contribution in [0.1, 0.15) is 36.1 Å². The lowest BCUT2D eigenvalue weighted by atomic mass is 10.1. The number of carbonyl (C=O) groups is 1. The predicted octanol–water partition coefficient (Wildman–Crippen LogP) is 5.44. The molecule has 2 aromatic heterocycles. The maximum absolute atomic E-state index is 13.2. The molecule has 4 rings (SSSR count). The number of benzene rings is 2. The first kappa shape index (κ1) is 22.0. The number of aromatic nitrogens is 3. The van der Waals surface area contributed by atoms with E-state index >= 15 is 0 Å². The Bertz CT molecular complexity index is 1210. The number of hydrogen-bond acceptors (Lipinski definition) is 4. The lowest BCUT2D eigenvalue weighted by Crippen LogP contribution is -2.32. The third kappa shape index (κ3) is 4.99. The highest BCUT2D eigenvalue weighted by Crippen LogP contribution is 2.30. The summed E-state index contributed by atoms with van der Waals surface area (Å²) in [6.45, 7) is 4.49. The van der Waals surface area contributed by atoms with Crippen LogP contribution in [-0.2, 0) is 17.1 Å². The lowest BCUT2D eigenvalue weighted by molar-refractivity contribution is -0.124. The maximum atomic E-state index is 13.2. The van der Waals surface area contributed by atoms with Crippen LogP contribution in [0.3, 0.4) is 0 Å². The number of carbonyl (C=O) groups excluding carboxylic acids is 1. The van der Waals surface area contributed by atoms with Crippen LogP contribution in [0.25, 0.3) is 11.2 Å². The monoisotopic (exact) mass is 448 g/mol. The number of halogens is 1. The SMILES string of the molecule is CCC(C(=O)NCc1ccc(C)cc1)n1c(SCc2ccc(F)cc2)nc2cccnc21. The fourth-order valence-electron chi connectivity index (χ4n) is 3.52. The first-order valence-corrected chi connectivity index (χ1v) is 11.6. The molecule has 1 amide bonds. The Morgan fingerprint density at radius 2 is 1.81 bits per heavy atom. The van der Waals surface area contributed by atoms with Gasteiger partial charge in [0.05, 0.1) is 0 Å². The minimum absolute atomic E-state index is 0.0679. The Morgan fingerprint density at radius 3 is 2.53 bits per heavy atom. The fraction of sp³-hybridized carbons (Fsp3) is 0.240. The molecule has 7 heteroatoms. The van der Waals surface area contributed by atoms with E-state index in [0.717, 1.165) is 21.8 Å². The van der Waals surface area contributed by atoms with E-state index in [1.54, 1.807) is 18.3 Å². The van der Waals surface area contributed by atoms with E-state index in [0.29, 0.717) is 24.4 Å². The van der Waals surface area contributed by atoms with E-state index in [-0.39, 0.29) is 11.7 Å². The Morgan fingerprint density at radius 1 is 1.09 bits per heavy atom. The molecule has 2 aromatic carbocycles. The highest BCUT2D eigenvalue weighted by atomic mass is 32.2. The van der Waals surface area contributed by atoms with Crippen LogP contribution in [-0.4, -0.2) is 20.4 Å². The van der Waals surface area contributed by atoms with Crippen LogP contribution in [0, 0.1) is 12.7 Å². The summed E-state index contributed by atoms with van der Waals surface area (Å²) in [6, 6.07) is 17.9. The number of nitrogens with zero attached hydrogens (tertiary/aromatic N) is 3. The highest BCUT2D eigenvalue weighted by Gasteiger charge is 2.25. The van der Waals surface area contributed by atoms with E-state index in [9.17, 15) is 9.18 Å². The minimum atomic E-state index is -0.434. The predicted molar refractivity (Wildman–Crippen MR) is 126 cm³/mol. The van der Waals surface area contributed by atoms with Crippen molar-refractivity contribution in [1.82, 2.24) is 19.9 Å². The smallest absolute Gasteiger partial charge is 0.243 e. The Kier molecular flexibility index (Phi) is 6.85. The van der Waals surface area contributed by atoms with Crippen LogP contribution >= 0.6 is 11.8 Å². The number of fused-ring (bicyclic) bond motifs is 1. The number of aryl methyl sites for hydroxylation is 1. The van der Waals surface area contributed by atoms with Gasteiger partial charge in [-0.1, -0.05) is 60.6 Å². The minimum Gasteiger partial charge on any atom is -0.350 e. The first-order chi connectivity index (χ1) is 15.5. The van der Waals surface area contributed by atoms with Gasteiger partial charge in [-0.25, -0.2) is 14.4 Å². The number of hydrogen-bond donors (Lipinski definition) is 1. The van der Waals surface area contributed by atoms with Gasteiger partial charge < -0.3 is 5.32 Å². The summed E-state index contributed by atoms with van der Waals surface area (Å²) in [5, 5.41) is 3.79. The zero-order chi connectivity index (χ0) is 22.5. The van der Waals surface area contributed by atoms with Crippen molar-refractivity contribution in [3.8, 4) is 0 Å². The number of rotatable bonds is 8. The average molecular weight is 449 g/mol. The maximum Gasteiger partial charge on any atom is 0.243 e. The molecule has 0 aliphatic rings. The number of pyridine rings is 1. The van der Waals surface area contributed by atoms with Gasteiger partial charge in [-0.05, 0) is 48.7 Å². The van der Waals surface area contributed by atoms with E-state index in [4.69, 9.17) is 4.98 Å². The summed E-state index contributed by atoms with van der Waals surface area (Å²) in [5.41, 5.74) is 4.66. The van der Waals surface area contributed by atoms with Gasteiger partial charge in [0, 0.05) is 18.5 Å². The molecular weight excluding hydrogens is 423 g/mol. The molecule has 0 fully saturated rings. The van der Waals surface area contributed by atoms with E-state index in [1.165, 1.54) is 29.5 Å². The number of thioether (sulfide) groups is 1. The first-order valence-electron chi connectivity index (χ1n) is 10.6. The highest BCUT2D eigenvalue weighted by molar-refractivity contribution is 7.98. The zero-order valence-corrected chi connectivity index (χ0v) is 18.9. The molecule has 1 atom stereocenters. The molecule has 0 aliphatic heterocycles. The molecule has 5 nitrogen and oxygen atoms in total. The summed E-state index contributed by atoms with van der Waals surface area (Å²) in [5.74, 6) is 0.290. The third-order valence-corrected chi connectivity index (χ3v) is 6.31. The standard InChI is InChI=1S/C25H25FN4OS/c1-3-22(24(31)28-15-18-8-6-17(2)7-9-18)30-23-21(5-4-14-27-23)29-25(30)32-16-19-10-12-20(26)13-11-19/h4-14,22H,3,15-16H2,1-2H3,(H,28,31). The summed E-state index contributed by atoms with van der Waals surface area (Å²) in [4.78, 5) is 22.4. The number of imidazole rings is 1. The molecule has 0 saturated heterocycles. The van der Waals surface area contributed by atoms with Crippen LogP contribution in [0.2, 0.25) is 0 Å². The molecule has 1 unspecified atom stereocenters.